The first kappa shape index (κ1) is 11.4. The lowest BCUT2D eigenvalue weighted by Crippen LogP contribution is -2.17. The Hall–Kier alpha value is -2.43. The number of aryl methyl sites for hydroxylation is 2. The number of hydrogen-bond donors (Lipinski definition) is 0. The summed E-state index contributed by atoms with van der Waals surface area (Å²) in [5.74, 6) is 2.01. The minimum absolute atomic E-state index is 0.116. The number of benzene rings is 1. The summed E-state index contributed by atoms with van der Waals surface area (Å²) in [6.45, 7) is 2.12. The zero-order chi connectivity index (χ0) is 13.5. The number of nitrogens with zero attached hydrogens (tertiary/aromatic N) is 5. The highest BCUT2D eigenvalue weighted by atomic mass is 15.3. The predicted octanol–water partition coefficient (Wildman–Crippen LogP) is 2.17. The Kier molecular flexibility index (Phi) is 2.45. The van der Waals surface area contributed by atoms with Crippen molar-refractivity contribution in [3.63, 3.8) is 0 Å². The average molecular weight is 265 g/mol. The van der Waals surface area contributed by atoms with Gasteiger partial charge >= 0.3 is 0 Å². The molecular formula is C15H15N5. The molecule has 0 saturated carbocycles. The molecule has 1 aliphatic rings. The van der Waals surface area contributed by atoms with Crippen LogP contribution in [0.1, 0.15) is 30.2 Å². The Balaban J connectivity index is 1.88. The van der Waals surface area contributed by atoms with E-state index in [-0.39, 0.29) is 6.04 Å². The molecule has 0 aliphatic carbocycles. The maximum atomic E-state index is 4.42. The first-order valence-electron chi connectivity index (χ1n) is 6.84. The lowest BCUT2D eigenvalue weighted by atomic mass is 10.0. The molecule has 100 valence electrons. The van der Waals surface area contributed by atoms with Gasteiger partial charge in [-0.25, -0.2) is 4.98 Å². The fourth-order valence-electron chi connectivity index (χ4n) is 2.84. The maximum absolute atomic E-state index is 4.42. The Bertz CT molecular complexity index is 741. The summed E-state index contributed by atoms with van der Waals surface area (Å²) < 4.78 is 4.25. The third kappa shape index (κ3) is 1.59. The van der Waals surface area contributed by atoms with Gasteiger partial charge in [0.25, 0.3) is 0 Å². The van der Waals surface area contributed by atoms with E-state index in [0.29, 0.717) is 0 Å². The van der Waals surface area contributed by atoms with Crippen LogP contribution < -0.4 is 0 Å². The molecule has 1 aliphatic heterocycles. The van der Waals surface area contributed by atoms with E-state index in [1.54, 1.807) is 6.20 Å². The van der Waals surface area contributed by atoms with Crippen LogP contribution in [0.4, 0.5) is 0 Å². The van der Waals surface area contributed by atoms with Crippen LogP contribution in [0.3, 0.4) is 0 Å². The van der Waals surface area contributed by atoms with Crippen LogP contribution in [0.2, 0.25) is 0 Å². The van der Waals surface area contributed by atoms with E-state index in [1.165, 1.54) is 11.3 Å². The highest BCUT2D eigenvalue weighted by Gasteiger charge is 2.24. The van der Waals surface area contributed by atoms with Crippen molar-refractivity contribution in [3.8, 4) is 5.69 Å². The van der Waals surface area contributed by atoms with E-state index in [2.05, 4.69) is 55.5 Å². The summed E-state index contributed by atoms with van der Waals surface area (Å²) >= 11 is 0. The van der Waals surface area contributed by atoms with Gasteiger partial charge in [0.05, 0.1) is 18.1 Å². The number of hydrogen-bond acceptors (Lipinski definition) is 3. The smallest absolute Gasteiger partial charge is 0.160 e. The van der Waals surface area contributed by atoms with Crippen LogP contribution in [0.25, 0.3) is 5.69 Å². The minimum atomic E-state index is 0.116. The van der Waals surface area contributed by atoms with Gasteiger partial charge in [0, 0.05) is 18.8 Å². The van der Waals surface area contributed by atoms with E-state index in [4.69, 9.17) is 0 Å². The molecular weight excluding hydrogens is 250 g/mol. The van der Waals surface area contributed by atoms with E-state index >= 15 is 0 Å². The topological polar surface area (TPSA) is 48.5 Å². The zero-order valence-electron chi connectivity index (χ0n) is 11.3. The summed E-state index contributed by atoms with van der Waals surface area (Å²) in [7, 11) is 0. The molecule has 1 unspecified atom stereocenters. The first-order valence-corrected chi connectivity index (χ1v) is 6.84. The lowest BCUT2D eigenvalue weighted by molar-refractivity contribution is 0.581. The Morgan fingerprint density at radius 2 is 2.05 bits per heavy atom. The molecule has 20 heavy (non-hydrogen) atoms. The monoisotopic (exact) mass is 265 g/mol. The van der Waals surface area contributed by atoms with E-state index in [0.717, 1.165) is 24.5 Å². The Morgan fingerprint density at radius 1 is 1.15 bits per heavy atom. The fourth-order valence-corrected chi connectivity index (χ4v) is 2.84. The molecule has 0 bridgehead atoms. The van der Waals surface area contributed by atoms with Gasteiger partial charge in [-0.3, -0.25) is 4.57 Å². The van der Waals surface area contributed by atoms with Crippen molar-refractivity contribution >= 4 is 0 Å². The molecule has 4 rings (SSSR count). The van der Waals surface area contributed by atoms with Crippen molar-refractivity contribution in [3.05, 3.63) is 60.2 Å². The van der Waals surface area contributed by atoms with Crippen molar-refractivity contribution in [2.45, 2.75) is 25.8 Å². The third-order valence-corrected chi connectivity index (χ3v) is 3.95. The average Bonchev–Trinajstić information content (AvgIpc) is 3.16. The van der Waals surface area contributed by atoms with Gasteiger partial charge in [-0.2, -0.15) is 0 Å². The second-order valence-electron chi connectivity index (χ2n) is 5.12. The molecule has 3 heterocycles. The molecule has 5 heteroatoms. The molecule has 0 radical (unpaired) electrons. The van der Waals surface area contributed by atoms with Crippen molar-refractivity contribution in [2.24, 2.45) is 0 Å². The molecule has 1 aromatic carbocycles. The number of rotatable bonds is 2. The van der Waals surface area contributed by atoms with E-state index in [9.17, 15) is 0 Å². The van der Waals surface area contributed by atoms with Crippen molar-refractivity contribution in [1.82, 2.24) is 24.3 Å². The molecule has 0 N–H and O–H groups in total. The summed E-state index contributed by atoms with van der Waals surface area (Å²) in [5.41, 5.74) is 2.57. The summed E-state index contributed by atoms with van der Waals surface area (Å²) in [6.07, 6.45) is 7.55. The summed E-state index contributed by atoms with van der Waals surface area (Å²) in [4.78, 5) is 4.12. The molecule has 1 atom stereocenters. The maximum Gasteiger partial charge on any atom is 0.160 e. The third-order valence-electron chi connectivity index (χ3n) is 3.95. The van der Waals surface area contributed by atoms with Gasteiger partial charge in [0.1, 0.15) is 5.82 Å². The zero-order valence-corrected chi connectivity index (χ0v) is 11.3. The van der Waals surface area contributed by atoms with Crippen molar-refractivity contribution < 1.29 is 0 Å². The minimum Gasteiger partial charge on any atom is -0.327 e. The molecule has 0 spiro atoms. The van der Waals surface area contributed by atoms with Crippen LogP contribution in [-0.2, 0) is 12.8 Å². The fraction of sp³-hybridized carbons (Fsp3) is 0.267. The van der Waals surface area contributed by atoms with Gasteiger partial charge in [-0.15, -0.1) is 10.2 Å². The lowest BCUT2D eigenvalue weighted by Gasteiger charge is -2.21. The van der Waals surface area contributed by atoms with E-state index in [1.807, 2.05) is 12.5 Å². The van der Waals surface area contributed by atoms with E-state index < -0.39 is 0 Å². The SMILES string of the molecule is CC(c1nnc2n1-c1ccccc1CC2)n1ccnc1. The van der Waals surface area contributed by atoms with Gasteiger partial charge in [-0.1, -0.05) is 18.2 Å². The van der Waals surface area contributed by atoms with Gasteiger partial charge in [-0.05, 0) is 25.0 Å². The normalized spacial score (nSPS) is 14.7. The number of para-hydroxylation sites is 1. The van der Waals surface area contributed by atoms with Crippen LogP contribution >= 0.6 is 0 Å². The number of fused-ring (bicyclic) bond motifs is 3. The highest BCUT2D eigenvalue weighted by Crippen LogP contribution is 2.28. The Labute approximate surface area is 116 Å². The van der Waals surface area contributed by atoms with Gasteiger partial charge < -0.3 is 4.57 Å². The van der Waals surface area contributed by atoms with Gasteiger partial charge in [0.15, 0.2) is 5.82 Å². The standard InChI is InChI=1S/C15H15N5/c1-11(19-9-8-16-10-19)15-18-17-14-7-6-12-4-2-3-5-13(12)20(14)15/h2-5,8-11H,6-7H2,1H3. The second-order valence-corrected chi connectivity index (χ2v) is 5.12. The summed E-state index contributed by atoms with van der Waals surface area (Å²) in [6, 6.07) is 8.60. The van der Waals surface area contributed by atoms with Crippen LogP contribution in [0.5, 0.6) is 0 Å². The largest absolute Gasteiger partial charge is 0.327 e. The molecule has 2 aromatic heterocycles. The van der Waals surface area contributed by atoms with Crippen LogP contribution in [0.15, 0.2) is 43.0 Å². The molecule has 0 amide bonds. The second kappa shape index (κ2) is 4.30. The van der Waals surface area contributed by atoms with Crippen molar-refractivity contribution in [2.75, 3.05) is 0 Å². The van der Waals surface area contributed by atoms with Crippen LogP contribution in [-0.4, -0.2) is 24.3 Å². The van der Waals surface area contributed by atoms with Gasteiger partial charge in [0.2, 0.25) is 0 Å². The molecule has 0 saturated heterocycles. The number of aromatic nitrogens is 5. The quantitative estimate of drug-likeness (QED) is 0.713. The summed E-state index contributed by atoms with van der Waals surface area (Å²) in [5, 5.41) is 8.78. The predicted molar refractivity (Wildman–Crippen MR) is 74.8 cm³/mol. The molecule has 3 aromatic rings. The Morgan fingerprint density at radius 3 is 2.90 bits per heavy atom. The number of imidazole rings is 1. The first-order chi connectivity index (χ1) is 9.84. The van der Waals surface area contributed by atoms with Crippen LogP contribution in [0, 0.1) is 0 Å². The molecule has 5 nitrogen and oxygen atoms in total. The van der Waals surface area contributed by atoms with Crippen molar-refractivity contribution in [1.29, 1.82) is 0 Å². The highest BCUT2D eigenvalue weighted by molar-refractivity contribution is 5.45. The molecule has 0 fully saturated rings.